The van der Waals surface area contributed by atoms with E-state index in [9.17, 15) is 5.11 Å². The molecule has 0 aliphatic rings. The van der Waals surface area contributed by atoms with Crippen LogP contribution in [0, 0.1) is 25.2 Å². The standard InChI is InChI=1S/C16H22N4O/c1-4-19(6-5-17)9-14(21)10-20-11-18-15-7-12(2)13(3)8-16(15)20/h7-8,11,14,21H,4,6,9-10H2,1-3H3. The van der Waals surface area contributed by atoms with Crippen molar-refractivity contribution in [2.75, 3.05) is 19.6 Å². The molecule has 0 saturated heterocycles. The van der Waals surface area contributed by atoms with Gasteiger partial charge >= 0.3 is 0 Å². The summed E-state index contributed by atoms with van der Waals surface area (Å²) in [5.41, 5.74) is 4.44. The van der Waals surface area contributed by atoms with Gasteiger partial charge in [0.1, 0.15) is 0 Å². The van der Waals surface area contributed by atoms with Crippen molar-refractivity contribution in [1.82, 2.24) is 14.5 Å². The van der Waals surface area contributed by atoms with Gasteiger partial charge < -0.3 is 9.67 Å². The number of rotatable bonds is 6. The Balaban J connectivity index is 2.13. The minimum absolute atomic E-state index is 0.344. The van der Waals surface area contributed by atoms with Gasteiger partial charge in [0.2, 0.25) is 0 Å². The summed E-state index contributed by atoms with van der Waals surface area (Å²) in [4.78, 5) is 6.32. The number of nitriles is 1. The van der Waals surface area contributed by atoms with Crippen LogP contribution in [0.3, 0.4) is 0 Å². The molecule has 1 atom stereocenters. The van der Waals surface area contributed by atoms with Crippen molar-refractivity contribution in [3.05, 3.63) is 29.6 Å². The first-order valence-electron chi connectivity index (χ1n) is 7.24. The van der Waals surface area contributed by atoms with Gasteiger partial charge in [0, 0.05) is 6.54 Å². The second-order valence-electron chi connectivity index (χ2n) is 5.46. The average molecular weight is 286 g/mol. The van der Waals surface area contributed by atoms with Crippen LogP contribution in [0.2, 0.25) is 0 Å². The van der Waals surface area contributed by atoms with E-state index >= 15 is 0 Å². The van der Waals surface area contributed by atoms with Crippen LogP contribution in [0.4, 0.5) is 0 Å². The number of aromatic nitrogens is 2. The molecular formula is C16H22N4O. The van der Waals surface area contributed by atoms with Crippen LogP contribution in [-0.2, 0) is 6.54 Å². The Morgan fingerprint density at radius 3 is 2.76 bits per heavy atom. The van der Waals surface area contributed by atoms with E-state index in [0.717, 1.165) is 17.6 Å². The van der Waals surface area contributed by atoms with E-state index in [4.69, 9.17) is 5.26 Å². The molecule has 0 amide bonds. The molecule has 5 nitrogen and oxygen atoms in total. The summed E-state index contributed by atoms with van der Waals surface area (Å²) in [6, 6.07) is 6.30. The molecule has 2 rings (SSSR count). The van der Waals surface area contributed by atoms with E-state index in [1.807, 2.05) is 16.4 Å². The Morgan fingerprint density at radius 2 is 2.10 bits per heavy atom. The number of aryl methyl sites for hydroxylation is 2. The second-order valence-corrected chi connectivity index (χ2v) is 5.46. The third-order valence-corrected chi connectivity index (χ3v) is 3.85. The SMILES string of the molecule is CCN(CC#N)CC(O)Cn1cnc2cc(C)c(C)cc21. The van der Waals surface area contributed by atoms with Crippen LogP contribution in [0.5, 0.6) is 0 Å². The molecule has 0 fully saturated rings. The molecule has 1 aromatic carbocycles. The molecule has 0 radical (unpaired) electrons. The Morgan fingerprint density at radius 1 is 1.38 bits per heavy atom. The average Bonchev–Trinajstić information content (AvgIpc) is 2.81. The maximum Gasteiger partial charge on any atom is 0.0959 e. The predicted octanol–water partition coefficient (Wildman–Crippen LogP) is 1.86. The zero-order valence-corrected chi connectivity index (χ0v) is 12.9. The van der Waals surface area contributed by atoms with Crippen LogP contribution < -0.4 is 0 Å². The number of aliphatic hydroxyl groups excluding tert-OH is 1. The van der Waals surface area contributed by atoms with E-state index in [2.05, 4.69) is 37.0 Å². The minimum atomic E-state index is -0.516. The molecule has 0 saturated carbocycles. The van der Waals surface area contributed by atoms with Crippen molar-refractivity contribution >= 4 is 11.0 Å². The van der Waals surface area contributed by atoms with Crippen LogP contribution in [-0.4, -0.2) is 45.3 Å². The lowest BCUT2D eigenvalue weighted by atomic mass is 10.1. The van der Waals surface area contributed by atoms with Gasteiger partial charge in [0.25, 0.3) is 0 Å². The molecule has 112 valence electrons. The molecule has 0 bridgehead atoms. The monoisotopic (exact) mass is 286 g/mol. The lowest BCUT2D eigenvalue weighted by molar-refractivity contribution is 0.107. The number of imidazole rings is 1. The molecular weight excluding hydrogens is 264 g/mol. The summed E-state index contributed by atoms with van der Waals surface area (Å²) in [6.45, 7) is 8.22. The van der Waals surface area contributed by atoms with Gasteiger partial charge in [-0.25, -0.2) is 4.98 Å². The van der Waals surface area contributed by atoms with Crippen LogP contribution in [0.1, 0.15) is 18.1 Å². The largest absolute Gasteiger partial charge is 0.390 e. The van der Waals surface area contributed by atoms with Gasteiger partial charge in [-0.05, 0) is 43.7 Å². The van der Waals surface area contributed by atoms with Crippen LogP contribution in [0.15, 0.2) is 18.5 Å². The van der Waals surface area contributed by atoms with Crippen molar-refractivity contribution in [1.29, 1.82) is 5.26 Å². The van der Waals surface area contributed by atoms with Crippen molar-refractivity contribution in [2.45, 2.75) is 33.4 Å². The van der Waals surface area contributed by atoms with Crippen LogP contribution in [0.25, 0.3) is 11.0 Å². The molecule has 1 unspecified atom stereocenters. The van der Waals surface area contributed by atoms with E-state index in [0.29, 0.717) is 19.6 Å². The lowest BCUT2D eigenvalue weighted by Crippen LogP contribution is -2.34. The zero-order valence-electron chi connectivity index (χ0n) is 12.9. The summed E-state index contributed by atoms with van der Waals surface area (Å²) >= 11 is 0. The van der Waals surface area contributed by atoms with Crippen molar-refractivity contribution in [3.8, 4) is 6.07 Å². The van der Waals surface area contributed by atoms with Crippen molar-refractivity contribution < 1.29 is 5.11 Å². The molecule has 1 heterocycles. The van der Waals surface area contributed by atoms with Crippen LogP contribution >= 0.6 is 0 Å². The molecule has 1 aromatic heterocycles. The number of hydrogen-bond donors (Lipinski definition) is 1. The highest BCUT2D eigenvalue weighted by Gasteiger charge is 2.13. The molecule has 2 aromatic rings. The molecule has 0 aliphatic carbocycles. The summed E-state index contributed by atoms with van der Waals surface area (Å²) in [5, 5.41) is 19.0. The third kappa shape index (κ3) is 3.60. The van der Waals surface area contributed by atoms with Gasteiger partial charge in [-0.1, -0.05) is 6.92 Å². The highest BCUT2D eigenvalue weighted by atomic mass is 16.3. The zero-order chi connectivity index (χ0) is 15.4. The lowest BCUT2D eigenvalue weighted by Gasteiger charge is -2.21. The fraction of sp³-hybridized carbons (Fsp3) is 0.500. The molecule has 0 aliphatic heterocycles. The summed E-state index contributed by atoms with van der Waals surface area (Å²) in [7, 11) is 0. The quantitative estimate of drug-likeness (QED) is 0.823. The van der Waals surface area contributed by atoms with Crippen molar-refractivity contribution in [2.24, 2.45) is 0 Å². The van der Waals surface area contributed by atoms with Gasteiger partial charge in [0.15, 0.2) is 0 Å². The maximum absolute atomic E-state index is 10.2. The normalized spacial score (nSPS) is 12.8. The Labute approximate surface area is 125 Å². The molecule has 1 N–H and O–H groups in total. The summed E-state index contributed by atoms with van der Waals surface area (Å²) < 4.78 is 1.98. The van der Waals surface area contributed by atoms with Gasteiger partial charge in [-0.3, -0.25) is 4.90 Å². The fourth-order valence-electron chi connectivity index (χ4n) is 2.45. The van der Waals surface area contributed by atoms with Gasteiger partial charge in [-0.2, -0.15) is 5.26 Å². The number of fused-ring (bicyclic) bond motifs is 1. The van der Waals surface area contributed by atoms with E-state index in [1.165, 1.54) is 11.1 Å². The highest BCUT2D eigenvalue weighted by molar-refractivity contribution is 5.77. The first kappa shape index (κ1) is 15.5. The second kappa shape index (κ2) is 6.70. The first-order chi connectivity index (χ1) is 10.0. The Bertz CT molecular complexity index is 656. The van der Waals surface area contributed by atoms with E-state index in [-0.39, 0.29) is 0 Å². The number of aliphatic hydroxyl groups is 1. The number of likely N-dealkylation sites (N-methyl/N-ethyl adjacent to an activating group) is 1. The van der Waals surface area contributed by atoms with E-state index in [1.54, 1.807) is 6.33 Å². The number of benzene rings is 1. The summed E-state index contributed by atoms with van der Waals surface area (Å²) in [5.74, 6) is 0. The smallest absolute Gasteiger partial charge is 0.0959 e. The topological polar surface area (TPSA) is 65.1 Å². The molecule has 21 heavy (non-hydrogen) atoms. The highest BCUT2D eigenvalue weighted by Crippen LogP contribution is 2.18. The third-order valence-electron chi connectivity index (χ3n) is 3.85. The maximum atomic E-state index is 10.2. The minimum Gasteiger partial charge on any atom is -0.390 e. The first-order valence-corrected chi connectivity index (χ1v) is 7.24. The Kier molecular flexibility index (Phi) is 4.94. The van der Waals surface area contributed by atoms with Gasteiger partial charge in [-0.15, -0.1) is 0 Å². The van der Waals surface area contributed by atoms with E-state index < -0.39 is 6.10 Å². The number of nitrogens with zero attached hydrogens (tertiary/aromatic N) is 4. The Hall–Kier alpha value is -1.90. The van der Waals surface area contributed by atoms with Crippen molar-refractivity contribution in [3.63, 3.8) is 0 Å². The number of hydrogen-bond acceptors (Lipinski definition) is 4. The fourth-order valence-corrected chi connectivity index (χ4v) is 2.45. The molecule has 5 heteroatoms. The van der Waals surface area contributed by atoms with Gasteiger partial charge in [0.05, 0.1) is 42.6 Å². The summed E-state index contributed by atoms with van der Waals surface area (Å²) in [6.07, 6.45) is 1.25. The predicted molar refractivity (Wildman–Crippen MR) is 82.9 cm³/mol. The molecule has 0 spiro atoms.